The number of rotatable bonds is 9. The predicted octanol–water partition coefficient (Wildman–Crippen LogP) is 1.76. The Kier molecular flexibility index (Phi) is 7.92. The van der Waals surface area contributed by atoms with Crippen molar-refractivity contribution in [2.75, 3.05) is 19.5 Å². The molecule has 0 saturated carbocycles. The first-order valence-electron chi connectivity index (χ1n) is 7.50. The van der Waals surface area contributed by atoms with Gasteiger partial charge in [0.1, 0.15) is 0 Å². The minimum Gasteiger partial charge on any atom is -0.390 e. The summed E-state index contributed by atoms with van der Waals surface area (Å²) in [6.45, 7) is 9.15. The first kappa shape index (κ1) is 19.0. The molecule has 1 rings (SSSR count). The van der Waals surface area contributed by atoms with Gasteiger partial charge >= 0.3 is 0 Å². The molecule has 0 saturated heterocycles. The van der Waals surface area contributed by atoms with Gasteiger partial charge in [0.15, 0.2) is 5.16 Å². The molecule has 22 heavy (non-hydrogen) atoms. The summed E-state index contributed by atoms with van der Waals surface area (Å²) in [6, 6.07) is 0.351. The number of aliphatic hydroxyl groups excluding tert-OH is 1. The summed E-state index contributed by atoms with van der Waals surface area (Å²) < 4.78 is 6.98. The molecule has 0 aliphatic rings. The highest BCUT2D eigenvalue weighted by Crippen LogP contribution is 2.20. The van der Waals surface area contributed by atoms with Crippen molar-refractivity contribution in [1.82, 2.24) is 14.5 Å². The van der Waals surface area contributed by atoms with Gasteiger partial charge in [-0.2, -0.15) is 0 Å². The quantitative estimate of drug-likeness (QED) is 0.699. The van der Waals surface area contributed by atoms with Crippen LogP contribution in [0.2, 0.25) is 0 Å². The fourth-order valence-electron chi connectivity index (χ4n) is 2.43. The first-order valence-corrected chi connectivity index (χ1v) is 8.49. The number of hydrogen-bond donors (Lipinski definition) is 1. The van der Waals surface area contributed by atoms with Crippen LogP contribution in [0.5, 0.6) is 0 Å². The lowest BCUT2D eigenvalue weighted by Gasteiger charge is -2.30. The Balaban J connectivity index is 2.74. The summed E-state index contributed by atoms with van der Waals surface area (Å²) in [6.07, 6.45) is 1.64. The van der Waals surface area contributed by atoms with Gasteiger partial charge in [-0.25, -0.2) is 4.98 Å². The minimum absolute atomic E-state index is 0.0741. The van der Waals surface area contributed by atoms with E-state index in [4.69, 9.17) is 4.74 Å². The van der Waals surface area contributed by atoms with E-state index >= 15 is 0 Å². The van der Waals surface area contributed by atoms with Crippen molar-refractivity contribution in [3.63, 3.8) is 0 Å². The Morgan fingerprint density at radius 3 is 2.55 bits per heavy atom. The molecule has 0 aliphatic carbocycles. The molecule has 126 valence electrons. The van der Waals surface area contributed by atoms with Crippen molar-refractivity contribution in [3.8, 4) is 0 Å². The molecule has 1 amide bonds. The average molecular weight is 329 g/mol. The highest BCUT2D eigenvalue weighted by atomic mass is 32.2. The third kappa shape index (κ3) is 5.00. The summed E-state index contributed by atoms with van der Waals surface area (Å²) in [5.41, 5.74) is 0.733. The molecule has 0 unspecified atom stereocenters. The van der Waals surface area contributed by atoms with Crippen LogP contribution in [0.1, 0.15) is 33.4 Å². The van der Waals surface area contributed by atoms with Crippen LogP contribution in [-0.4, -0.2) is 57.0 Å². The standard InChI is InChI=1S/C15H27N3O3S/c1-11(2)18(12(3)4)14(20)10-22-15-16-8-13(9-19)17(15)6-7-21-5/h8,11-12,19H,6-7,9-10H2,1-5H3. The Morgan fingerprint density at radius 2 is 2.05 bits per heavy atom. The number of nitrogens with zero attached hydrogens (tertiary/aromatic N) is 3. The number of imidazole rings is 1. The number of amides is 1. The van der Waals surface area contributed by atoms with E-state index in [2.05, 4.69) is 4.98 Å². The van der Waals surface area contributed by atoms with E-state index in [9.17, 15) is 9.90 Å². The normalized spacial score (nSPS) is 11.5. The molecule has 0 fully saturated rings. The number of carbonyl (C=O) groups is 1. The van der Waals surface area contributed by atoms with Crippen LogP contribution >= 0.6 is 11.8 Å². The summed E-state index contributed by atoms with van der Waals surface area (Å²) in [4.78, 5) is 18.6. The molecule has 1 N–H and O–H groups in total. The maximum absolute atomic E-state index is 12.4. The SMILES string of the molecule is COCCn1c(CO)cnc1SCC(=O)N(C(C)C)C(C)C. The fraction of sp³-hybridized carbons (Fsp3) is 0.733. The Morgan fingerprint density at radius 1 is 1.41 bits per heavy atom. The van der Waals surface area contributed by atoms with E-state index in [1.165, 1.54) is 11.8 Å². The van der Waals surface area contributed by atoms with Gasteiger partial charge < -0.3 is 19.3 Å². The number of ether oxygens (including phenoxy) is 1. The summed E-state index contributed by atoms with van der Waals surface area (Å²) in [5.74, 6) is 0.437. The van der Waals surface area contributed by atoms with Gasteiger partial charge in [-0.15, -0.1) is 0 Å². The van der Waals surface area contributed by atoms with Crippen LogP contribution in [0.25, 0.3) is 0 Å². The number of aliphatic hydroxyl groups is 1. The fourth-order valence-corrected chi connectivity index (χ4v) is 3.32. The second-order valence-corrected chi connectivity index (χ2v) is 6.55. The molecule has 0 spiro atoms. The van der Waals surface area contributed by atoms with Crippen LogP contribution in [0.3, 0.4) is 0 Å². The lowest BCUT2D eigenvalue weighted by molar-refractivity contribution is -0.131. The maximum Gasteiger partial charge on any atom is 0.233 e. The highest BCUT2D eigenvalue weighted by Gasteiger charge is 2.21. The lowest BCUT2D eigenvalue weighted by Crippen LogP contribution is -2.43. The Labute approximate surface area is 136 Å². The van der Waals surface area contributed by atoms with E-state index in [0.29, 0.717) is 18.9 Å². The summed E-state index contributed by atoms with van der Waals surface area (Å²) >= 11 is 1.40. The smallest absolute Gasteiger partial charge is 0.233 e. The zero-order chi connectivity index (χ0) is 16.7. The summed E-state index contributed by atoms with van der Waals surface area (Å²) in [7, 11) is 1.63. The molecule has 0 aromatic carbocycles. The molecule has 6 nitrogen and oxygen atoms in total. The van der Waals surface area contributed by atoms with Gasteiger partial charge in [-0.05, 0) is 27.7 Å². The van der Waals surface area contributed by atoms with Crippen molar-refractivity contribution in [3.05, 3.63) is 11.9 Å². The van der Waals surface area contributed by atoms with Gasteiger partial charge in [0, 0.05) is 25.7 Å². The van der Waals surface area contributed by atoms with Crippen LogP contribution in [0, 0.1) is 0 Å². The molecule has 7 heteroatoms. The van der Waals surface area contributed by atoms with Gasteiger partial charge in [-0.3, -0.25) is 4.79 Å². The molecule has 0 radical (unpaired) electrons. The monoisotopic (exact) mass is 329 g/mol. The Bertz CT molecular complexity index is 467. The lowest BCUT2D eigenvalue weighted by atomic mass is 10.2. The second-order valence-electron chi connectivity index (χ2n) is 5.61. The van der Waals surface area contributed by atoms with E-state index in [0.717, 1.165) is 10.9 Å². The average Bonchev–Trinajstić information content (AvgIpc) is 2.84. The van der Waals surface area contributed by atoms with E-state index in [1.54, 1.807) is 13.3 Å². The van der Waals surface area contributed by atoms with E-state index < -0.39 is 0 Å². The third-order valence-corrected chi connectivity index (χ3v) is 4.28. The third-order valence-electron chi connectivity index (χ3n) is 3.31. The van der Waals surface area contributed by atoms with Gasteiger partial charge in [0.05, 0.1) is 30.9 Å². The van der Waals surface area contributed by atoms with Gasteiger partial charge in [0.2, 0.25) is 5.91 Å². The molecule has 1 aromatic heterocycles. The van der Waals surface area contributed by atoms with Crippen molar-refractivity contribution in [2.24, 2.45) is 0 Å². The predicted molar refractivity (Wildman–Crippen MR) is 87.9 cm³/mol. The number of carbonyl (C=O) groups excluding carboxylic acids is 1. The zero-order valence-corrected chi connectivity index (χ0v) is 14.9. The number of methoxy groups -OCH3 is 1. The number of aromatic nitrogens is 2. The number of hydrogen-bond acceptors (Lipinski definition) is 5. The zero-order valence-electron chi connectivity index (χ0n) is 14.1. The Hall–Kier alpha value is -1.05. The topological polar surface area (TPSA) is 67.6 Å². The largest absolute Gasteiger partial charge is 0.390 e. The van der Waals surface area contributed by atoms with Crippen LogP contribution < -0.4 is 0 Å². The van der Waals surface area contributed by atoms with Crippen molar-refractivity contribution >= 4 is 17.7 Å². The van der Waals surface area contributed by atoms with Crippen molar-refractivity contribution < 1.29 is 14.6 Å². The van der Waals surface area contributed by atoms with E-state index in [1.807, 2.05) is 37.2 Å². The molecular formula is C15H27N3O3S. The highest BCUT2D eigenvalue weighted by molar-refractivity contribution is 7.99. The van der Waals surface area contributed by atoms with Crippen LogP contribution in [-0.2, 0) is 22.7 Å². The minimum atomic E-state index is -0.0741. The molecule has 0 aliphatic heterocycles. The second kappa shape index (κ2) is 9.17. The van der Waals surface area contributed by atoms with Crippen LogP contribution in [0.15, 0.2) is 11.4 Å². The molecule has 0 atom stereocenters. The number of thioether (sulfide) groups is 1. The van der Waals surface area contributed by atoms with Crippen molar-refractivity contribution in [1.29, 1.82) is 0 Å². The molecule has 0 bridgehead atoms. The molecule has 1 heterocycles. The van der Waals surface area contributed by atoms with Gasteiger partial charge in [0.25, 0.3) is 0 Å². The van der Waals surface area contributed by atoms with Crippen molar-refractivity contribution in [2.45, 2.75) is 58.1 Å². The molecular weight excluding hydrogens is 302 g/mol. The first-order chi connectivity index (χ1) is 10.4. The van der Waals surface area contributed by atoms with E-state index in [-0.39, 0.29) is 24.6 Å². The molecule has 1 aromatic rings. The maximum atomic E-state index is 12.4. The van der Waals surface area contributed by atoms with Gasteiger partial charge in [-0.1, -0.05) is 11.8 Å². The summed E-state index contributed by atoms with van der Waals surface area (Å²) in [5, 5.41) is 10.1. The van der Waals surface area contributed by atoms with Crippen LogP contribution in [0.4, 0.5) is 0 Å².